The van der Waals surface area contributed by atoms with Gasteiger partial charge in [0.05, 0.1) is 0 Å². The number of ether oxygens (including phenoxy) is 3. The van der Waals surface area contributed by atoms with E-state index in [-0.39, 0.29) is 12.4 Å². The van der Waals surface area contributed by atoms with Crippen molar-refractivity contribution in [2.45, 2.75) is 0 Å². The molecule has 5 heteroatoms. The number of hydrogen-bond donors (Lipinski definition) is 0. The summed E-state index contributed by atoms with van der Waals surface area (Å²) in [7, 11) is 3.25. The summed E-state index contributed by atoms with van der Waals surface area (Å²) in [6.07, 6.45) is -0.546. The van der Waals surface area contributed by atoms with Crippen LogP contribution in [0.25, 0.3) is 0 Å². The third-order valence-corrected chi connectivity index (χ3v) is 0.523. The Balaban J connectivity index is 0. The van der Waals surface area contributed by atoms with Crippen LogP contribution in [0.3, 0.4) is 0 Å². The summed E-state index contributed by atoms with van der Waals surface area (Å²) in [5.41, 5.74) is 0. The standard InChI is InChI=1S/C3H4O3.C2H6O.ClH/c4-3-5-1-2-6-3;1-3-2;/h1-2H2;1-2H3;1H. The number of carbonyl (C=O) groups is 1. The van der Waals surface area contributed by atoms with Crippen molar-refractivity contribution in [1.29, 1.82) is 0 Å². The Morgan fingerprint density at radius 1 is 1.30 bits per heavy atom. The average molecular weight is 171 g/mol. The van der Waals surface area contributed by atoms with Crippen molar-refractivity contribution in [3.63, 3.8) is 0 Å². The van der Waals surface area contributed by atoms with Gasteiger partial charge in [-0.05, 0) is 0 Å². The molecular formula is C5H11ClO4. The first-order valence-corrected chi connectivity index (χ1v) is 2.51. The monoisotopic (exact) mass is 170 g/mol. The van der Waals surface area contributed by atoms with Crippen LogP contribution in [0.15, 0.2) is 0 Å². The van der Waals surface area contributed by atoms with E-state index in [1.165, 1.54) is 0 Å². The Bertz CT molecular complexity index is 77.7. The maximum atomic E-state index is 9.80. The minimum Gasteiger partial charge on any atom is -0.431 e. The van der Waals surface area contributed by atoms with Gasteiger partial charge in [0.2, 0.25) is 0 Å². The Labute approximate surface area is 65.9 Å². The van der Waals surface area contributed by atoms with E-state index in [1.807, 2.05) is 0 Å². The number of halogens is 1. The normalized spacial score (nSPS) is 13.6. The molecule has 4 nitrogen and oxygen atoms in total. The molecule has 10 heavy (non-hydrogen) atoms. The first kappa shape index (κ1) is 12.2. The number of rotatable bonds is 0. The van der Waals surface area contributed by atoms with Gasteiger partial charge in [-0.2, -0.15) is 0 Å². The third kappa shape index (κ3) is 7.52. The maximum Gasteiger partial charge on any atom is 0.508 e. The van der Waals surface area contributed by atoms with Crippen molar-refractivity contribution in [2.75, 3.05) is 27.4 Å². The summed E-state index contributed by atoms with van der Waals surface area (Å²) in [5.74, 6) is 0. The lowest BCUT2D eigenvalue weighted by atomic mass is 10.8. The minimum atomic E-state index is -0.546. The van der Waals surface area contributed by atoms with E-state index in [9.17, 15) is 4.79 Å². The molecule has 1 rings (SSSR count). The highest BCUT2D eigenvalue weighted by atomic mass is 35.5. The van der Waals surface area contributed by atoms with Crippen molar-refractivity contribution in [3.05, 3.63) is 0 Å². The second-order valence-corrected chi connectivity index (χ2v) is 1.36. The number of methoxy groups -OCH3 is 1. The summed E-state index contributed by atoms with van der Waals surface area (Å²) in [5, 5.41) is 0. The van der Waals surface area contributed by atoms with Gasteiger partial charge in [-0.25, -0.2) is 4.79 Å². The lowest BCUT2D eigenvalue weighted by molar-refractivity contribution is 0.131. The molecular weight excluding hydrogens is 160 g/mol. The number of carbonyl (C=O) groups excluding carboxylic acids is 1. The summed E-state index contributed by atoms with van der Waals surface area (Å²) in [4.78, 5) is 9.80. The molecule has 0 aromatic heterocycles. The number of cyclic esters (lactones) is 2. The van der Waals surface area contributed by atoms with Gasteiger partial charge in [0.15, 0.2) is 0 Å². The first-order chi connectivity index (χ1) is 4.31. The second-order valence-electron chi connectivity index (χ2n) is 1.36. The van der Waals surface area contributed by atoms with Crippen LogP contribution in [0.4, 0.5) is 4.79 Å². The lowest BCUT2D eigenvalue weighted by Crippen LogP contribution is -1.88. The molecule has 0 saturated carbocycles. The molecule has 1 heterocycles. The highest BCUT2D eigenvalue weighted by molar-refractivity contribution is 5.85. The molecule has 62 valence electrons. The van der Waals surface area contributed by atoms with Gasteiger partial charge in [-0.15, -0.1) is 12.4 Å². The van der Waals surface area contributed by atoms with Crippen LogP contribution < -0.4 is 0 Å². The maximum absolute atomic E-state index is 9.80. The quantitative estimate of drug-likeness (QED) is 0.506. The Hall–Kier alpha value is -0.480. The van der Waals surface area contributed by atoms with E-state index >= 15 is 0 Å². The Morgan fingerprint density at radius 2 is 1.60 bits per heavy atom. The van der Waals surface area contributed by atoms with Gasteiger partial charge in [0, 0.05) is 14.2 Å². The predicted octanol–water partition coefficient (Wildman–Crippen LogP) is 0.838. The molecule has 0 N–H and O–H groups in total. The van der Waals surface area contributed by atoms with E-state index in [1.54, 1.807) is 14.2 Å². The molecule has 1 aliphatic heterocycles. The summed E-state index contributed by atoms with van der Waals surface area (Å²) < 4.78 is 12.8. The fraction of sp³-hybridized carbons (Fsp3) is 0.800. The average Bonchev–Trinajstić information content (AvgIpc) is 2.20. The molecule has 0 unspecified atom stereocenters. The molecule has 1 fully saturated rings. The van der Waals surface area contributed by atoms with Gasteiger partial charge in [-0.3, -0.25) is 0 Å². The van der Waals surface area contributed by atoms with Crippen LogP contribution in [0.2, 0.25) is 0 Å². The van der Waals surface area contributed by atoms with E-state index < -0.39 is 6.16 Å². The van der Waals surface area contributed by atoms with Gasteiger partial charge < -0.3 is 14.2 Å². The van der Waals surface area contributed by atoms with Crippen LogP contribution in [0, 0.1) is 0 Å². The molecule has 0 bridgehead atoms. The van der Waals surface area contributed by atoms with Crippen LogP contribution in [0.5, 0.6) is 0 Å². The van der Waals surface area contributed by atoms with Gasteiger partial charge in [0.25, 0.3) is 0 Å². The zero-order valence-corrected chi connectivity index (χ0v) is 6.77. The largest absolute Gasteiger partial charge is 0.508 e. The van der Waals surface area contributed by atoms with Crippen molar-refractivity contribution in [1.82, 2.24) is 0 Å². The third-order valence-electron chi connectivity index (χ3n) is 0.523. The number of hydrogen-bond acceptors (Lipinski definition) is 4. The van der Waals surface area contributed by atoms with E-state index in [4.69, 9.17) is 0 Å². The molecule has 0 aromatic carbocycles. The molecule has 0 amide bonds. The topological polar surface area (TPSA) is 44.8 Å². The molecule has 1 saturated heterocycles. The van der Waals surface area contributed by atoms with Crippen molar-refractivity contribution in [3.8, 4) is 0 Å². The molecule has 1 aliphatic rings. The highest BCUT2D eigenvalue weighted by Gasteiger charge is 2.09. The second kappa shape index (κ2) is 8.52. The fourth-order valence-electron chi connectivity index (χ4n) is 0.292. The summed E-state index contributed by atoms with van der Waals surface area (Å²) in [6, 6.07) is 0. The van der Waals surface area contributed by atoms with Gasteiger partial charge >= 0.3 is 6.16 Å². The Morgan fingerprint density at radius 3 is 1.70 bits per heavy atom. The highest BCUT2D eigenvalue weighted by Crippen LogP contribution is 1.92. The smallest absolute Gasteiger partial charge is 0.431 e. The van der Waals surface area contributed by atoms with E-state index in [2.05, 4.69) is 14.2 Å². The van der Waals surface area contributed by atoms with E-state index in [0.717, 1.165) is 0 Å². The zero-order chi connectivity index (χ0) is 7.11. The molecule has 0 aromatic rings. The Kier molecular flexibility index (Phi) is 10.4. The summed E-state index contributed by atoms with van der Waals surface area (Å²) in [6.45, 7) is 0.831. The lowest BCUT2D eigenvalue weighted by Gasteiger charge is -1.78. The van der Waals surface area contributed by atoms with Gasteiger partial charge in [0.1, 0.15) is 13.2 Å². The van der Waals surface area contributed by atoms with Crippen LogP contribution in [-0.2, 0) is 14.2 Å². The fourth-order valence-corrected chi connectivity index (χ4v) is 0.292. The molecule has 0 atom stereocenters. The first-order valence-electron chi connectivity index (χ1n) is 2.51. The van der Waals surface area contributed by atoms with Crippen molar-refractivity contribution < 1.29 is 19.0 Å². The van der Waals surface area contributed by atoms with Crippen molar-refractivity contribution >= 4 is 18.6 Å². The zero-order valence-electron chi connectivity index (χ0n) is 5.96. The predicted molar refractivity (Wildman–Crippen MR) is 37.5 cm³/mol. The molecule has 0 spiro atoms. The summed E-state index contributed by atoms with van der Waals surface area (Å²) >= 11 is 0. The van der Waals surface area contributed by atoms with E-state index in [0.29, 0.717) is 13.2 Å². The van der Waals surface area contributed by atoms with Crippen LogP contribution in [0.1, 0.15) is 0 Å². The van der Waals surface area contributed by atoms with Gasteiger partial charge in [-0.1, -0.05) is 0 Å². The SMILES string of the molecule is COC.Cl.O=C1OCCO1. The van der Waals surface area contributed by atoms with Crippen LogP contribution >= 0.6 is 12.4 Å². The van der Waals surface area contributed by atoms with Crippen LogP contribution in [-0.4, -0.2) is 33.6 Å². The van der Waals surface area contributed by atoms with Crippen molar-refractivity contribution in [2.24, 2.45) is 0 Å². The molecule has 0 radical (unpaired) electrons. The molecule has 0 aliphatic carbocycles. The minimum absolute atomic E-state index is 0.